The van der Waals surface area contributed by atoms with E-state index in [1.807, 2.05) is 0 Å². The van der Waals surface area contributed by atoms with Gasteiger partial charge in [0.05, 0.1) is 5.56 Å². The van der Waals surface area contributed by atoms with Crippen molar-refractivity contribution in [1.29, 1.82) is 0 Å². The highest BCUT2D eigenvalue weighted by molar-refractivity contribution is 9.10. The van der Waals surface area contributed by atoms with Crippen molar-refractivity contribution in [2.75, 3.05) is 0 Å². The molecule has 0 aliphatic rings. The maximum absolute atomic E-state index is 13.5. The molecule has 0 bridgehead atoms. The third-order valence-electron chi connectivity index (χ3n) is 2.47. The topological polar surface area (TPSA) is 20.2 Å². The molecule has 0 heterocycles. The Bertz CT molecular complexity index is 522. The molecule has 0 aromatic heterocycles. The molecule has 17 heavy (non-hydrogen) atoms. The molecule has 0 amide bonds. The van der Waals surface area contributed by atoms with Crippen LogP contribution in [0.1, 0.15) is 17.2 Å². The van der Waals surface area contributed by atoms with Gasteiger partial charge in [-0.2, -0.15) is 0 Å². The maximum atomic E-state index is 13.5. The molecule has 2 aromatic rings. The first-order valence-electron chi connectivity index (χ1n) is 4.97. The largest absolute Gasteiger partial charge is 0.383 e. The van der Waals surface area contributed by atoms with Gasteiger partial charge in [0, 0.05) is 4.47 Å². The summed E-state index contributed by atoms with van der Waals surface area (Å²) in [4.78, 5) is 0. The third kappa shape index (κ3) is 2.37. The van der Waals surface area contributed by atoms with Gasteiger partial charge in [-0.3, -0.25) is 0 Å². The number of benzene rings is 2. The number of hydrogen-bond acceptors (Lipinski definition) is 1. The second-order valence-electron chi connectivity index (χ2n) is 3.56. The summed E-state index contributed by atoms with van der Waals surface area (Å²) in [7, 11) is 0. The van der Waals surface area contributed by atoms with Crippen LogP contribution in [0.4, 0.5) is 8.78 Å². The first-order valence-corrected chi connectivity index (χ1v) is 5.77. The van der Waals surface area contributed by atoms with Crippen LogP contribution in [0.25, 0.3) is 0 Å². The first-order chi connectivity index (χ1) is 8.11. The van der Waals surface area contributed by atoms with E-state index in [0.717, 1.165) is 12.1 Å². The van der Waals surface area contributed by atoms with Crippen LogP contribution in [0, 0.1) is 11.6 Å². The molecule has 1 N–H and O–H groups in total. The van der Waals surface area contributed by atoms with E-state index in [-0.39, 0.29) is 5.56 Å². The van der Waals surface area contributed by atoms with Crippen molar-refractivity contribution in [3.05, 3.63) is 69.7 Å². The summed E-state index contributed by atoms with van der Waals surface area (Å²) < 4.78 is 27.6. The quantitative estimate of drug-likeness (QED) is 0.894. The lowest BCUT2D eigenvalue weighted by molar-refractivity contribution is 0.208. The van der Waals surface area contributed by atoms with Gasteiger partial charge in [0.15, 0.2) is 0 Å². The fourth-order valence-electron chi connectivity index (χ4n) is 1.62. The van der Waals surface area contributed by atoms with Crippen LogP contribution in [0.2, 0.25) is 0 Å². The lowest BCUT2D eigenvalue weighted by Gasteiger charge is -2.14. The Kier molecular flexibility index (Phi) is 3.54. The van der Waals surface area contributed by atoms with E-state index in [1.54, 1.807) is 24.3 Å². The number of aliphatic hydroxyl groups is 1. The highest BCUT2D eigenvalue weighted by Gasteiger charge is 2.20. The Hall–Kier alpha value is -1.26. The van der Waals surface area contributed by atoms with Gasteiger partial charge >= 0.3 is 0 Å². The number of hydrogen-bond donors (Lipinski definition) is 1. The predicted molar refractivity (Wildman–Crippen MR) is 64.6 cm³/mol. The molecule has 0 aliphatic carbocycles. The SMILES string of the molecule is OC(c1ccccc1Br)c1c(F)cccc1F. The van der Waals surface area contributed by atoms with E-state index >= 15 is 0 Å². The molecule has 0 fully saturated rings. The molecule has 0 aliphatic heterocycles. The van der Waals surface area contributed by atoms with Gasteiger partial charge in [0.1, 0.15) is 17.7 Å². The van der Waals surface area contributed by atoms with Gasteiger partial charge in [-0.05, 0) is 23.8 Å². The predicted octanol–water partition coefficient (Wildman–Crippen LogP) is 3.81. The molecular formula is C13H9BrF2O. The van der Waals surface area contributed by atoms with Crippen molar-refractivity contribution in [3.63, 3.8) is 0 Å². The summed E-state index contributed by atoms with van der Waals surface area (Å²) in [5.41, 5.74) is 0.0934. The lowest BCUT2D eigenvalue weighted by Crippen LogP contribution is -2.06. The maximum Gasteiger partial charge on any atom is 0.132 e. The summed E-state index contributed by atoms with van der Waals surface area (Å²) in [6.07, 6.45) is -1.33. The molecule has 2 rings (SSSR count). The molecule has 0 radical (unpaired) electrons. The van der Waals surface area contributed by atoms with Crippen molar-refractivity contribution >= 4 is 15.9 Å². The minimum absolute atomic E-state index is 0.334. The molecule has 2 aromatic carbocycles. The van der Waals surface area contributed by atoms with Crippen LogP contribution in [0.5, 0.6) is 0 Å². The van der Waals surface area contributed by atoms with E-state index in [2.05, 4.69) is 15.9 Å². The van der Waals surface area contributed by atoms with Gasteiger partial charge in [-0.1, -0.05) is 40.2 Å². The van der Waals surface area contributed by atoms with Gasteiger partial charge in [0.2, 0.25) is 0 Å². The van der Waals surface area contributed by atoms with E-state index < -0.39 is 17.7 Å². The van der Waals surface area contributed by atoms with Crippen LogP contribution in [-0.2, 0) is 0 Å². The van der Waals surface area contributed by atoms with E-state index in [4.69, 9.17) is 0 Å². The zero-order valence-corrected chi connectivity index (χ0v) is 10.3. The van der Waals surface area contributed by atoms with E-state index in [1.165, 1.54) is 6.07 Å². The molecular weight excluding hydrogens is 290 g/mol. The van der Waals surface area contributed by atoms with Crippen LogP contribution in [0.15, 0.2) is 46.9 Å². The molecule has 0 saturated heterocycles. The van der Waals surface area contributed by atoms with Crippen molar-refractivity contribution < 1.29 is 13.9 Å². The normalized spacial score (nSPS) is 12.5. The van der Waals surface area contributed by atoms with Crippen LogP contribution >= 0.6 is 15.9 Å². The Labute approximate surface area is 106 Å². The van der Waals surface area contributed by atoms with Crippen molar-refractivity contribution in [2.24, 2.45) is 0 Å². The Morgan fingerprint density at radius 1 is 0.941 bits per heavy atom. The van der Waals surface area contributed by atoms with Crippen LogP contribution in [0.3, 0.4) is 0 Å². The van der Waals surface area contributed by atoms with Crippen molar-refractivity contribution in [1.82, 2.24) is 0 Å². The molecule has 0 saturated carbocycles. The molecule has 1 atom stereocenters. The van der Waals surface area contributed by atoms with E-state index in [9.17, 15) is 13.9 Å². The number of halogens is 3. The van der Waals surface area contributed by atoms with Crippen LogP contribution < -0.4 is 0 Å². The molecule has 88 valence electrons. The highest BCUT2D eigenvalue weighted by atomic mass is 79.9. The molecule has 1 nitrogen and oxygen atoms in total. The molecule has 4 heteroatoms. The summed E-state index contributed by atoms with van der Waals surface area (Å²) in [5, 5.41) is 10.0. The van der Waals surface area contributed by atoms with Gasteiger partial charge in [0.25, 0.3) is 0 Å². The van der Waals surface area contributed by atoms with Crippen LogP contribution in [-0.4, -0.2) is 5.11 Å². The second-order valence-corrected chi connectivity index (χ2v) is 4.41. The zero-order chi connectivity index (χ0) is 12.4. The average molecular weight is 299 g/mol. The fourth-order valence-corrected chi connectivity index (χ4v) is 2.13. The summed E-state index contributed by atoms with van der Waals surface area (Å²) in [6, 6.07) is 10.3. The highest BCUT2D eigenvalue weighted by Crippen LogP contribution is 2.31. The van der Waals surface area contributed by atoms with Gasteiger partial charge in [-0.25, -0.2) is 8.78 Å². The smallest absolute Gasteiger partial charge is 0.132 e. The van der Waals surface area contributed by atoms with Crippen molar-refractivity contribution in [2.45, 2.75) is 6.10 Å². The van der Waals surface area contributed by atoms with E-state index in [0.29, 0.717) is 10.0 Å². The second kappa shape index (κ2) is 4.94. The lowest BCUT2D eigenvalue weighted by atomic mass is 10.0. The zero-order valence-electron chi connectivity index (χ0n) is 8.70. The van der Waals surface area contributed by atoms with Gasteiger partial charge < -0.3 is 5.11 Å². The summed E-state index contributed by atoms with van der Waals surface area (Å²) in [6.45, 7) is 0. The Morgan fingerprint density at radius 3 is 2.12 bits per heavy atom. The Balaban J connectivity index is 2.51. The Morgan fingerprint density at radius 2 is 1.53 bits per heavy atom. The molecule has 0 spiro atoms. The van der Waals surface area contributed by atoms with Gasteiger partial charge in [-0.15, -0.1) is 0 Å². The fraction of sp³-hybridized carbons (Fsp3) is 0.0769. The molecule has 1 unspecified atom stereocenters. The standard InChI is InChI=1S/C13H9BrF2O/c14-9-5-2-1-4-8(9)13(17)12-10(15)6-3-7-11(12)16/h1-7,13,17H. The minimum Gasteiger partial charge on any atom is -0.383 e. The first kappa shape index (κ1) is 12.2. The number of aliphatic hydroxyl groups excluding tert-OH is 1. The number of rotatable bonds is 2. The van der Waals surface area contributed by atoms with Crippen molar-refractivity contribution in [3.8, 4) is 0 Å². The average Bonchev–Trinajstić information content (AvgIpc) is 2.29. The summed E-state index contributed by atoms with van der Waals surface area (Å²) >= 11 is 3.24. The monoisotopic (exact) mass is 298 g/mol. The minimum atomic E-state index is -1.33. The third-order valence-corrected chi connectivity index (χ3v) is 3.20. The summed E-state index contributed by atoms with van der Waals surface area (Å²) in [5.74, 6) is -1.51.